The number of amides is 2. The number of hydrogen-bond acceptors (Lipinski definition) is 4. The number of nitrogens with one attached hydrogen (secondary N) is 2. The summed E-state index contributed by atoms with van der Waals surface area (Å²) in [6.07, 6.45) is 0.936. The number of methoxy groups -OCH3 is 1. The first kappa shape index (κ1) is 25.1. The quantitative estimate of drug-likeness (QED) is 0.386. The third kappa shape index (κ3) is 6.08. The van der Waals surface area contributed by atoms with E-state index >= 15 is 0 Å². The molecule has 0 aliphatic carbocycles. The highest BCUT2D eigenvalue weighted by Crippen LogP contribution is 2.28. The Morgan fingerprint density at radius 3 is 2.15 bits per heavy atom. The van der Waals surface area contributed by atoms with Crippen LogP contribution in [0, 0.1) is 0 Å². The van der Waals surface area contributed by atoms with Gasteiger partial charge >= 0.3 is 0 Å². The fraction of sp³-hybridized carbons (Fsp3) is 0.259. The molecule has 34 heavy (non-hydrogen) atoms. The van der Waals surface area contributed by atoms with Gasteiger partial charge in [0.2, 0.25) is 0 Å². The molecule has 2 N–H and O–H groups in total. The SMILES string of the molecule is CCc1cccc(CC)c1NC(=O)C(C)Oc1ccc(C(=O)Nc2ccc(OC)c(Cl)c2)cc1. The van der Waals surface area contributed by atoms with Crippen LogP contribution in [0.2, 0.25) is 5.02 Å². The summed E-state index contributed by atoms with van der Waals surface area (Å²) in [6.45, 7) is 5.82. The van der Waals surface area contributed by atoms with Gasteiger partial charge in [-0.15, -0.1) is 0 Å². The largest absolute Gasteiger partial charge is 0.495 e. The molecule has 3 aromatic carbocycles. The van der Waals surface area contributed by atoms with Crippen LogP contribution in [-0.4, -0.2) is 25.0 Å². The maximum absolute atomic E-state index is 12.8. The van der Waals surface area contributed by atoms with Gasteiger partial charge in [-0.25, -0.2) is 0 Å². The van der Waals surface area contributed by atoms with Crippen molar-refractivity contribution in [2.75, 3.05) is 17.7 Å². The van der Waals surface area contributed by atoms with Gasteiger partial charge in [-0.3, -0.25) is 9.59 Å². The predicted molar refractivity (Wildman–Crippen MR) is 136 cm³/mol. The topological polar surface area (TPSA) is 76.7 Å². The Balaban J connectivity index is 1.62. The fourth-order valence-corrected chi connectivity index (χ4v) is 3.78. The number of halogens is 1. The highest BCUT2D eigenvalue weighted by molar-refractivity contribution is 6.32. The van der Waals surface area contributed by atoms with Crippen molar-refractivity contribution >= 4 is 34.8 Å². The first-order valence-corrected chi connectivity index (χ1v) is 11.6. The van der Waals surface area contributed by atoms with E-state index < -0.39 is 6.10 Å². The molecule has 3 aromatic rings. The van der Waals surface area contributed by atoms with Crippen molar-refractivity contribution in [1.29, 1.82) is 0 Å². The fourth-order valence-electron chi connectivity index (χ4n) is 3.52. The Bertz CT molecular complexity index is 1140. The summed E-state index contributed by atoms with van der Waals surface area (Å²) in [6, 6.07) is 17.7. The molecule has 0 aromatic heterocycles. The first-order valence-electron chi connectivity index (χ1n) is 11.2. The van der Waals surface area contributed by atoms with E-state index in [-0.39, 0.29) is 11.8 Å². The van der Waals surface area contributed by atoms with Gasteiger partial charge in [-0.1, -0.05) is 43.6 Å². The summed E-state index contributed by atoms with van der Waals surface area (Å²) in [4.78, 5) is 25.3. The third-order valence-corrected chi connectivity index (χ3v) is 5.75. The molecule has 0 saturated heterocycles. The van der Waals surface area contributed by atoms with Gasteiger partial charge in [-0.2, -0.15) is 0 Å². The Kier molecular flexibility index (Phi) is 8.55. The van der Waals surface area contributed by atoms with Crippen molar-refractivity contribution in [1.82, 2.24) is 0 Å². The average molecular weight is 481 g/mol. The van der Waals surface area contributed by atoms with Crippen LogP contribution in [0.5, 0.6) is 11.5 Å². The molecule has 0 aliphatic heterocycles. The molecule has 1 atom stereocenters. The second kappa shape index (κ2) is 11.6. The first-order chi connectivity index (χ1) is 16.4. The number of aryl methyl sites for hydroxylation is 2. The number of rotatable bonds is 9. The van der Waals surface area contributed by atoms with Gasteiger partial charge in [0.05, 0.1) is 12.1 Å². The summed E-state index contributed by atoms with van der Waals surface area (Å²) >= 11 is 6.11. The van der Waals surface area contributed by atoms with E-state index in [0.717, 1.165) is 29.7 Å². The molecule has 3 rings (SSSR count). The minimum Gasteiger partial charge on any atom is -0.495 e. The van der Waals surface area contributed by atoms with E-state index in [1.807, 2.05) is 18.2 Å². The molecule has 0 aliphatic rings. The smallest absolute Gasteiger partial charge is 0.265 e. The molecule has 0 heterocycles. The lowest BCUT2D eigenvalue weighted by molar-refractivity contribution is -0.122. The Morgan fingerprint density at radius 1 is 0.941 bits per heavy atom. The zero-order valence-electron chi connectivity index (χ0n) is 19.8. The zero-order chi connectivity index (χ0) is 24.7. The van der Waals surface area contributed by atoms with Gasteiger partial charge < -0.3 is 20.1 Å². The Morgan fingerprint density at radius 2 is 1.59 bits per heavy atom. The van der Waals surface area contributed by atoms with Gasteiger partial charge in [-0.05, 0) is 73.4 Å². The van der Waals surface area contributed by atoms with Crippen LogP contribution in [0.3, 0.4) is 0 Å². The van der Waals surface area contributed by atoms with Crippen molar-refractivity contribution in [3.05, 3.63) is 82.4 Å². The van der Waals surface area contributed by atoms with Gasteiger partial charge in [0, 0.05) is 16.9 Å². The lowest BCUT2D eigenvalue weighted by Gasteiger charge is -2.18. The van der Waals surface area contributed by atoms with E-state index in [1.165, 1.54) is 7.11 Å². The summed E-state index contributed by atoms with van der Waals surface area (Å²) in [5.74, 6) is 0.505. The number of carbonyl (C=O) groups is 2. The highest BCUT2D eigenvalue weighted by Gasteiger charge is 2.18. The van der Waals surface area contributed by atoms with Crippen LogP contribution in [0.4, 0.5) is 11.4 Å². The van der Waals surface area contributed by atoms with Crippen LogP contribution in [0.15, 0.2) is 60.7 Å². The molecule has 6 nitrogen and oxygen atoms in total. The Hall–Kier alpha value is -3.51. The van der Waals surface area contributed by atoms with E-state index in [1.54, 1.807) is 49.4 Å². The predicted octanol–water partition coefficient (Wildman–Crippen LogP) is 6.13. The highest BCUT2D eigenvalue weighted by atomic mass is 35.5. The van der Waals surface area contributed by atoms with Crippen LogP contribution in [0.1, 0.15) is 42.3 Å². The summed E-state index contributed by atoms with van der Waals surface area (Å²) in [5.41, 5.74) is 4.04. The second-order valence-corrected chi connectivity index (χ2v) is 8.14. The minimum absolute atomic E-state index is 0.228. The molecule has 1 unspecified atom stereocenters. The maximum Gasteiger partial charge on any atom is 0.265 e. The molecule has 0 saturated carbocycles. The van der Waals surface area contributed by atoms with Crippen LogP contribution >= 0.6 is 11.6 Å². The molecular formula is C27H29ClN2O4. The molecule has 0 bridgehead atoms. The summed E-state index contributed by atoms with van der Waals surface area (Å²) in [7, 11) is 1.53. The van der Waals surface area contributed by atoms with E-state index in [4.69, 9.17) is 21.1 Å². The van der Waals surface area contributed by atoms with Crippen molar-refractivity contribution in [3.63, 3.8) is 0 Å². The van der Waals surface area contributed by atoms with E-state index in [2.05, 4.69) is 24.5 Å². The van der Waals surface area contributed by atoms with Crippen molar-refractivity contribution in [2.45, 2.75) is 39.7 Å². The second-order valence-electron chi connectivity index (χ2n) is 7.74. The van der Waals surface area contributed by atoms with Gasteiger partial charge in [0.25, 0.3) is 11.8 Å². The summed E-state index contributed by atoms with van der Waals surface area (Å²) < 4.78 is 10.9. The number of hydrogen-bond donors (Lipinski definition) is 2. The molecule has 0 fully saturated rings. The van der Waals surface area contributed by atoms with Crippen LogP contribution in [-0.2, 0) is 17.6 Å². The van der Waals surface area contributed by atoms with Gasteiger partial charge in [0.15, 0.2) is 6.10 Å². The molecular weight excluding hydrogens is 452 g/mol. The molecule has 178 valence electrons. The standard InChI is InChI=1S/C27H29ClN2O4/c1-5-18-8-7-9-19(6-2)25(18)30-26(31)17(3)34-22-13-10-20(11-14-22)27(32)29-21-12-15-24(33-4)23(28)16-21/h7-17H,5-6H2,1-4H3,(H,29,32)(H,30,31). The molecule has 0 radical (unpaired) electrons. The van der Waals surface area contributed by atoms with E-state index in [9.17, 15) is 9.59 Å². The van der Waals surface area contributed by atoms with Crippen LogP contribution in [0.25, 0.3) is 0 Å². The van der Waals surface area contributed by atoms with Crippen molar-refractivity contribution < 1.29 is 19.1 Å². The summed E-state index contributed by atoms with van der Waals surface area (Å²) in [5, 5.41) is 6.22. The lowest BCUT2D eigenvalue weighted by atomic mass is 10.0. The number of carbonyl (C=O) groups excluding carboxylic acids is 2. The third-order valence-electron chi connectivity index (χ3n) is 5.46. The lowest BCUT2D eigenvalue weighted by Crippen LogP contribution is -2.31. The number of para-hydroxylation sites is 1. The van der Waals surface area contributed by atoms with Crippen molar-refractivity contribution in [3.8, 4) is 11.5 Å². The van der Waals surface area contributed by atoms with Crippen LogP contribution < -0.4 is 20.1 Å². The number of ether oxygens (including phenoxy) is 2. The normalized spacial score (nSPS) is 11.4. The zero-order valence-corrected chi connectivity index (χ0v) is 20.5. The minimum atomic E-state index is -0.712. The van der Waals surface area contributed by atoms with Crippen molar-refractivity contribution in [2.24, 2.45) is 0 Å². The monoisotopic (exact) mass is 480 g/mol. The van der Waals surface area contributed by atoms with E-state index in [0.29, 0.717) is 27.8 Å². The molecule has 0 spiro atoms. The maximum atomic E-state index is 12.8. The van der Waals surface area contributed by atoms with Gasteiger partial charge in [0.1, 0.15) is 11.5 Å². The molecule has 7 heteroatoms. The Labute approximate surface area is 205 Å². The number of benzene rings is 3. The number of anilines is 2. The average Bonchev–Trinajstić information content (AvgIpc) is 2.84. The molecule has 2 amide bonds.